The first kappa shape index (κ1) is 15.6. The fraction of sp³-hybridized carbons (Fsp3) is 0.500. The molecule has 0 radical (unpaired) electrons. The van der Waals surface area contributed by atoms with E-state index in [1.807, 2.05) is 0 Å². The Labute approximate surface area is 119 Å². The van der Waals surface area contributed by atoms with Crippen LogP contribution >= 0.6 is 11.6 Å². The average molecular weight is 286 g/mol. The Morgan fingerprint density at radius 2 is 2.11 bits per heavy atom. The second-order valence-corrected chi connectivity index (χ2v) is 4.60. The Morgan fingerprint density at radius 1 is 1.32 bits per heavy atom. The summed E-state index contributed by atoms with van der Waals surface area (Å²) >= 11 is 6.14. The van der Waals surface area contributed by atoms with E-state index in [4.69, 9.17) is 26.3 Å². The topological polar surface area (TPSA) is 51.0 Å². The number of oxime groups is 1. The van der Waals surface area contributed by atoms with Crippen LogP contribution < -0.4 is 9.47 Å². The predicted octanol–water partition coefficient (Wildman–Crippen LogP) is 4.12. The zero-order valence-electron chi connectivity index (χ0n) is 11.4. The highest BCUT2D eigenvalue weighted by Crippen LogP contribution is 2.36. The summed E-state index contributed by atoms with van der Waals surface area (Å²) in [5, 5.41) is 11.9. The number of hydrogen-bond donors (Lipinski definition) is 1. The summed E-state index contributed by atoms with van der Waals surface area (Å²) in [6.45, 7) is 2.78. The molecule has 0 aliphatic heterocycles. The lowest BCUT2D eigenvalue weighted by Gasteiger charge is -2.13. The van der Waals surface area contributed by atoms with E-state index >= 15 is 0 Å². The number of unbranched alkanes of at least 4 members (excludes halogenated alkanes) is 3. The van der Waals surface area contributed by atoms with Crippen molar-refractivity contribution in [1.29, 1.82) is 0 Å². The van der Waals surface area contributed by atoms with E-state index in [2.05, 4.69) is 12.1 Å². The van der Waals surface area contributed by atoms with Crippen molar-refractivity contribution in [2.75, 3.05) is 13.7 Å². The summed E-state index contributed by atoms with van der Waals surface area (Å²) in [7, 11) is 1.55. The van der Waals surface area contributed by atoms with Crippen LogP contribution in [0.1, 0.15) is 38.2 Å². The molecule has 1 aromatic rings. The van der Waals surface area contributed by atoms with Crippen molar-refractivity contribution >= 4 is 17.8 Å². The maximum absolute atomic E-state index is 8.52. The lowest BCUT2D eigenvalue weighted by atomic mass is 10.2. The second-order valence-electron chi connectivity index (χ2n) is 4.19. The molecule has 0 bridgehead atoms. The predicted molar refractivity (Wildman–Crippen MR) is 77.0 cm³/mol. The molecule has 19 heavy (non-hydrogen) atoms. The van der Waals surface area contributed by atoms with E-state index in [1.165, 1.54) is 19.1 Å². The summed E-state index contributed by atoms with van der Waals surface area (Å²) in [5.74, 6) is 1.08. The van der Waals surface area contributed by atoms with Gasteiger partial charge < -0.3 is 14.7 Å². The van der Waals surface area contributed by atoms with Crippen LogP contribution in [0.5, 0.6) is 11.5 Å². The van der Waals surface area contributed by atoms with E-state index in [9.17, 15) is 0 Å². The number of benzene rings is 1. The smallest absolute Gasteiger partial charge is 0.179 e. The van der Waals surface area contributed by atoms with Gasteiger partial charge in [-0.2, -0.15) is 0 Å². The molecule has 0 amide bonds. The van der Waals surface area contributed by atoms with Gasteiger partial charge in [-0.15, -0.1) is 0 Å². The first-order chi connectivity index (χ1) is 9.22. The lowest BCUT2D eigenvalue weighted by molar-refractivity contribution is 0.285. The molecule has 0 unspecified atom stereocenters. The molecule has 106 valence electrons. The summed E-state index contributed by atoms with van der Waals surface area (Å²) in [5.41, 5.74) is 0.655. The largest absolute Gasteiger partial charge is 0.493 e. The van der Waals surface area contributed by atoms with Crippen molar-refractivity contribution in [2.45, 2.75) is 32.6 Å². The molecule has 0 spiro atoms. The van der Waals surface area contributed by atoms with Gasteiger partial charge in [0.25, 0.3) is 0 Å². The van der Waals surface area contributed by atoms with E-state index in [1.54, 1.807) is 19.2 Å². The van der Waals surface area contributed by atoms with Gasteiger partial charge in [0.05, 0.1) is 25.0 Å². The van der Waals surface area contributed by atoms with Gasteiger partial charge >= 0.3 is 0 Å². The zero-order valence-corrected chi connectivity index (χ0v) is 12.1. The summed E-state index contributed by atoms with van der Waals surface area (Å²) in [6.07, 6.45) is 5.83. The van der Waals surface area contributed by atoms with Crippen LogP contribution in [0, 0.1) is 0 Å². The quantitative estimate of drug-likeness (QED) is 0.338. The highest BCUT2D eigenvalue weighted by molar-refractivity contribution is 6.32. The van der Waals surface area contributed by atoms with E-state index in [0.717, 1.165) is 12.8 Å². The molecule has 0 aromatic heterocycles. The molecule has 0 aliphatic rings. The third-order valence-electron chi connectivity index (χ3n) is 2.70. The minimum Gasteiger partial charge on any atom is -0.493 e. The minimum atomic E-state index is 0.449. The van der Waals surface area contributed by atoms with Crippen molar-refractivity contribution in [3.05, 3.63) is 22.7 Å². The fourth-order valence-electron chi connectivity index (χ4n) is 1.72. The zero-order chi connectivity index (χ0) is 14.1. The van der Waals surface area contributed by atoms with Gasteiger partial charge in [0, 0.05) is 5.56 Å². The first-order valence-corrected chi connectivity index (χ1v) is 6.78. The van der Waals surface area contributed by atoms with Gasteiger partial charge in [-0.25, -0.2) is 0 Å². The van der Waals surface area contributed by atoms with Crippen molar-refractivity contribution in [3.63, 3.8) is 0 Å². The Bertz CT molecular complexity index is 421. The molecule has 0 heterocycles. The standard InChI is InChI=1S/C14H20ClNO3/c1-3-4-5-6-7-19-14-12(15)8-11(10-16-17)9-13(14)18-2/h8-10,17H,3-7H2,1-2H3. The highest BCUT2D eigenvalue weighted by Gasteiger charge is 2.11. The van der Waals surface area contributed by atoms with Gasteiger partial charge in [-0.05, 0) is 18.6 Å². The SMILES string of the molecule is CCCCCCOc1c(Cl)cc(C=NO)cc1OC. The maximum Gasteiger partial charge on any atom is 0.179 e. The van der Waals surface area contributed by atoms with Crippen LogP contribution in [-0.4, -0.2) is 25.1 Å². The second kappa shape index (κ2) is 8.64. The molecule has 0 saturated heterocycles. The molecule has 4 nitrogen and oxygen atoms in total. The van der Waals surface area contributed by atoms with Crippen molar-refractivity contribution in [3.8, 4) is 11.5 Å². The Kier molecular flexibility index (Phi) is 7.11. The third kappa shape index (κ3) is 4.99. The Balaban J connectivity index is 2.71. The van der Waals surface area contributed by atoms with Crippen LogP contribution in [0.4, 0.5) is 0 Å². The number of methoxy groups -OCH3 is 1. The van der Waals surface area contributed by atoms with Gasteiger partial charge in [-0.3, -0.25) is 0 Å². The van der Waals surface area contributed by atoms with Crippen LogP contribution in [0.3, 0.4) is 0 Å². The molecule has 1 aromatic carbocycles. The molecule has 1 rings (SSSR count). The van der Waals surface area contributed by atoms with Gasteiger partial charge in [0.15, 0.2) is 11.5 Å². The van der Waals surface area contributed by atoms with Crippen molar-refractivity contribution in [2.24, 2.45) is 5.16 Å². The maximum atomic E-state index is 8.52. The molecule has 5 heteroatoms. The molecular formula is C14H20ClNO3. The molecule has 0 aliphatic carbocycles. The van der Waals surface area contributed by atoms with E-state index < -0.39 is 0 Å². The van der Waals surface area contributed by atoms with Gasteiger partial charge in [0.2, 0.25) is 0 Å². The molecule has 0 saturated carbocycles. The van der Waals surface area contributed by atoms with E-state index in [0.29, 0.717) is 28.7 Å². The minimum absolute atomic E-state index is 0.449. The number of rotatable bonds is 8. The molecule has 0 atom stereocenters. The van der Waals surface area contributed by atoms with Gasteiger partial charge in [0.1, 0.15) is 0 Å². The number of halogens is 1. The van der Waals surface area contributed by atoms with Crippen molar-refractivity contribution in [1.82, 2.24) is 0 Å². The molecular weight excluding hydrogens is 266 g/mol. The Hall–Kier alpha value is -1.42. The third-order valence-corrected chi connectivity index (χ3v) is 2.98. The van der Waals surface area contributed by atoms with Gasteiger partial charge in [-0.1, -0.05) is 42.9 Å². The van der Waals surface area contributed by atoms with Crippen LogP contribution in [-0.2, 0) is 0 Å². The molecule has 0 fully saturated rings. The number of nitrogens with zero attached hydrogens (tertiary/aromatic N) is 1. The van der Waals surface area contributed by atoms with Crippen LogP contribution in [0.15, 0.2) is 17.3 Å². The van der Waals surface area contributed by atoms with Crippen LogP contribution in [0.2, 0.25) is 5.02 Å². The summed E-state index contributed by atoms with van der Waals surface area (Å²) in [4.78, 5) is 0. The Morgan fingerprint density at radius 3 is 2.74 bits per heavy atom. The number of ether oxygens (including phenoxy) is 2. The lowest BCUT2D eigenvalue weighted by Crippen LogP contribution is -2.01. The highest BCUT2D eigenvalue weighted by atomic mass is 35.5. The first-order valence-electron chi connectivity index (χ1n) is 6.40. The summed E-state index contributed by atoms with van der Waals surface area (Å²) < 4.78 is 10.9. The molecule has 1 N–H and O–H groups in total. The van der Waals surface area contributed by atoms with E-state index in [-0.39, 0.29) is 0 Å². The van der Waals surface area contributed by atoms with Crippen molar-refractivity contribution < 1.29 is 14.7 Å². The normalized spacial score (nSPS) is 10.9. The monoisotopic (exact) mass is 285 g/mol. The summed E-state index contributed by atoms with van der Waals surface area (Å²) in [6, 6.07) is 3.39. The number of hydrogen-bond acceptors (Lipinski definition) is 4. The van der Waals surface area contributed by atoms with Crippen LogP contribution in [0.25, 0.3) is 0 Å². The fourth-order valence-corrected chi connectivity index (χ4v) is 2.00. The average Bonchev–Trinajstić information content (AvgIpc) is 2.40.